The first-order valence-electron chi connectivity index (χ1n) is 8.04. The maximum atomic E-state index is 3.70. The molecule has 1 nitrogen and oxygen atoms in total. The van der Waals surface area contributed by atoms with Crippen molar-refractivity contribution in [2.75, 3.05) is 6.54 Å². The Hall–Kier alpha value is -1.34. The van der Waals surface area contributed by atoms with Crippen LogP contribution in [0.1, 0.15) is 45.1 Å². The van der Waals surface area contributed by atoms with Gasteiger partial charge < -0.3 is 5.32 Å². The van der Waals surface area contributed by atoms with Crippen LogP contribution < -0.4 is 5.32 Å². The third-order valence-electron chi connectivity index (χ3n) is 3.89. The molecule has 2 aromatic rings. The molecular weight excluding hydrogens is 242 g/mol. The molecule has 108 valence electrons. The lowest BCUT2D eigenvalue weighted by molar-refractivity contribution is 0.462. The van der Waals surface area contributed by atoms with Crippen molar-refractivity contribution in [3.63, 3.8) is 0 Å². The minimum Gasteiger partial charge on any atom is -0.314 e. The Bertz CT molecular complexity index is 510. The maximum absolute atomic E-state index is 3.70. The highest BCUT2D eigenvalue weighted by Gasteiger charge is 2.08. The highest BCUT2D eigenvalue weighted by Crippen LogP contribution is 2.17. The molecular formula is C19H27N. The van der Waals surface area contributed by atoms with Crippen LogP contribution in [-0.2, 0) is 6.42 Å². The molecule has 0 amide bonds. The summed E-state index contributed by atoms with van der Waals surface area (Å²) in [5.41, 5.74) is 1.45. The van der Waals surface area contributed by atoms with Crippen LogP contribution in [-0.4, -0.2) is 12.6 Å². The van der Waals surface area contributed by atoms with Gasteiger partial charge in [0.15, 0.2) is 0 Å². The summed E-state index contributed by atoms with van der Waals surface area (Å²) in [6.45, 7) is 5.63. The lowest BCUT2D eigenvalue weighted by atomic mass is 9.98. The molecule has 2 rings (SSSR count). The fourth-order valence-electron chi connectivity index (χ4n) is 2.73. The highest BCUT2D eigenvalue weighted by atomic mass is 14.9. The summed E-state index contributed by atoms with van der Waals surface area (Å²) in [5.74, 6) is 0. The predicted octanol–water partition coefficient (Wildman–Crippen LogP) is 4.94. The van der Waals surface area contributed by atoms with Crippen molar-refractivity contribution in [1.29, 1.82) is 0 Å². The Kier molecular flexibility index (Phi) is 6.07. The van der Waals surface area contributed by atoms with Crippen molar-refractivity contribution in [2.24, 2.45) is 0 Å². The average Bonchev–Trinajstić information content (AvgIpc) is 2.50. The van der Waals surface area contributed by atoms with Gasteiger partial charge in [0.05, 0.1) is 0 Å². The third-order valence-corrected chi connectivity index (χ3v) is 3.89. The smallest absolute Gasteiger partial charge is 0.0107 e. The zero-order valence-corrected chi connectivity index (χ0v) is 12.9. The van der Waals surface area contributed by atoms with Crippen molar-refractivity contribution in [2.45, 2.75) is 52.0 Å². The Labute approximate surface area is 123 Å². The third kappa shape index (κ3) is 4.35. The monoisotopic (exact) mass is 269 g/mol. The molecule has 1 heteroatoms. The first-order chi connectivity index (χ1) is 9.83. The van der Waals surface area contributed by atoms with Gasteiger partial charge in [-0.05, 0) is 42.1 Å². The molecule has 0 heterocycles. The molecule has 0 spiro atoms. The molecule has 1 atom stereocenters. The quantitative estimate of drug-likeness (QED) is 0.715. The van der Waals surface area contributed by atoms with Crippen molar-refractivity contribution in [3.05, 3.63) is 48.0 Å². The van der Waals surface area contributed by atoms with E-state index in [1.807, 2.05) is 0 Å². The van der Waals surface area contributed by atoms with E-state index >= 15 is 0 Å². The second-order valence-electron chi connectivity index (χ2n) is 5.68. The van der Waals surface area contributed by atoms with E-state index < -0.39 is 0 Å². The lowest BCUT2D eigenvalue weighted by Gasteiger charge is -2.18. The molecule has 0 saturated heterocycles. The Morgan fingerprint density at radius 3 is 2.50 bits per heavy atom. The Balaban J connectivity index is 2.06. The summed E-state index contributed by atoms with van der Waals surface area (Å²) in [6, 6.07) is 16.1. The van der Waals surface area contributed by atoms with Crippen LogP contribution in [0.5, 0.6) is 0 Å². The van der Waals surface area contributed by atoms with Crippen LogP contribution in [0.4, 0.5) is 0 Å². The fourth-order valence-corrected chi connectivity index (χ4v) is 2.73. The van der Waals surface area contributed by atoms with Gasteiger partial charge in [-0.1, -0.05) is 69.2 Å². The number of nitrogens with one attached hydrogen (secondary N) is 1. The highest BCUT2D eigenvalue weighted by molar-refractivity contribution is 5.82. The van der Waals surface area contributed by atoms with E-state index in [0.29, 0.717) is 6.04 Å². The van der Waals surface area contributed by atoms with Gasteiger partial charge in [-0.25, -0.2) is 0 Å². The molecule has 0 aliphatic rings. The SMILES string of the molecule is CCCCC(Cc1ccc2ccccc2c1)NCCC. The molecule has 20 heavy (non-hydrogen) atoms. The van der Waals surface area contributed by atoms with Crippen LogP contribution in [0.3, 0.4) is 0 Å². The summed E-state index contributed by atoms with van der Waals surface area (Å²) in [4.78, 5) is 0. The van der Waals surface area contributed by atoms with Gasteiger partial charge in [0, 0.05) is 6.04 Å². The second kappa shape index (κ2) is 8.06. The summed E-state index contributed by atoms with van der Waals surface area (Å²) in [6.07, 6.45) is 6.23. The van der Waals surface area contributed by atoms with Crippen LogP contribution in [0.25, 0.3) is 10.8 Å². The van der Waals surface area contributed by atoms with Gasteiger partial charge in [-0.3, -0.25) is 0 Å². The van der Waals surface area contributed by atoms with Gasteiger partial charge in [0.2, 0.25) is 0 Å². The molecule has 0 bridgehead atoms. The van der Waals surface area contributed by atoms with Gasteiger partial charge in [0.1, 0.15) is 0 Å². The molecule has 0 aliphatic carbocycles. The molecule has 1 unspecified atom stereocenters. The summed E-state index contributed by atoms with van der Waals surface area (Å²) in [7, 11) is 0. The average molecular weight is 269 g/mol. The molecule has 0 aromatic heterocycles. The van der Waals surface area contributed by atoms with E-state index in [1.54, 1.807) is 0 Å². The van der Waals surface area contributed by atoms with Crippen molar-refractivity contribution in [3.8, 4) is 0 Å². The number of hydrogen-bond donors (Lipinski definition) is 1. The molecule has 0 saturated carbocycles. The van der Waals surface area contributed by atoms with E-state index in [4.69, 9.17) is 0 Å². The van der Waals surface area contributed by atoms with E-state index in [9.17, 15) is 0 Å². The summed E-state index contributed by atoms with van der Waals surface area (Å²) in [5, 5.41) is 6.39. The van der Waals surface area contributed by atoms with E-state index in [2.05, 4.69) is 61.6 Å². The largest absolute Gasteiger partial charge is 0.314 e. The number of fused-ring (bicyclic) bond motifs is 1. The van der Waals surface area contributed by atoms with Crippen LogP contribution in [0.2, 0.25) is 0 Å². The molecule has 1 N–H and O–H groups in total. The van der Waals surface area contributed by atoms with Gasteiger partial charge in [0.25, 0.3) is 0 Å². The second-order valence-corrected chi connectivity index (χ2v) is 5.68. The standard InChI is InChI=1S/C19H27N/c1-3-5-10-19(20-13-4-2)15-16-11-12-17-8-6-7-9-18(17)14-16/h6-9,11-12,14,19-20H,3-5,10,13,15H2,1-2H3. The first kappa shape index (κ1) is 15.1. The van der Waals surface area contributed by atoms with Crippen LogP contribution in [0.15, 0.2) is 42.5 Å². The first-order valence-corrected chi connectivity index (χ1v) is 8.04. The van der Waals surface area contributed by atoms with Crippen molar-refractivity contribution in [1.82, 2.24) is 5.32 Å². The normalized spacial score (nSPS) is 12.7. The Morgan fingerprint density at radius 1 is 0.950 bits per heavy atom. The van der Waals surface area contributed by atoms with Crippen molar-refractivity contribution >= 4 is 10.8 Å². The zero-order valence-electron chi connectivity index (χ0n) is 12.9. The lowest BCUT2D eigenvalue weighted by Crippen LogP contribution is -2.31. The topological polar surface area (TPSA) is 12.0 Å². The van der Waals surface area contributed by atoms with E-state index in [0.717, 1.165) is 13.0 Å². The Morgan fingerprint density at radius 2 is 1.75 bits per heavy atom. The number of unbranched alkanes of at least 4 members (excludes halogenated alkanes) is 1. The minimum atomic E-state index is 0.621. The minimum absolute atomic E-state index is 0.621. The summed E-state index contributed by atoms with van der Waals surface area (Å²) < 4.78 is 0. The molecule has 2 aromatic carbocycles. The van der Waals surface area contributed by atoms with Gasteiger partial charge in [-0.2, -0.15) is 0 Å². The van der Waals surface area contributed by atoms with E-state index in [-0.39, 0.29) is 0 Å². The number of benzene rings is 2. The van der Waals surface area contributed by atoms with Crippen LogP contribution in [0, 0.1) is 0 Å². The van der Waals surface area contributed by atoms with Gasteiger partial charge >= 0.3 is 0 Å². The fraction of sp³-hybridized carbons (Fsp3) is 0.474. The molecule has 0 aliphatic heterocycles. The maximum Gasteiger partial charge on any atom is 0.0107 e. The summed E-state index contributed by atoms with van der Waals surface area (Å²) >= 11 is 0. The van der Waals surface area contributed by atoms with Crippen LogP contribution >= 0.6 is 0 Å². The van der Waals surface area contributed by atoms with Crippen molar-refractivity contribution < 1.29 is 0 Å². The number of hydrogen-bond acceptors (Lipinski definition) is 1. The zero-order chi connectivity index (χ0) is 14.2. The molecule has 0 fully saturated rings. The molecule has 0 radical (unpaired) electrons. The van der Waals surface area contributed by atoms with E-state index in [1.165, 1.54) is 42.0 Å². The number of rotatable bonds is 8. The predicted molar refractivity (Wildman–Crippen MR) is 89.3 cm³/mol. The van der Waals surface area contributed by atoms with Gasteiger partial charge in [-0.15, -0.1) is 0 Å².